The first-order valence-electron chi connectivity index (χ1n) is 7.63. The summed E-state index contributed by atoms with van der Waals surface area (Å²) in [6.07, 6.45) is 8.62. The number of nitrogens with zero attached hydrogens (tertiary/aromatic N) is 3. The Labute approximate surface area is 140 Å². The Balaban J connectivity index is 1.69. The van der Waals surface area contributed by atoms with E-state index in [1.54, 1.807) is 30.4 Å². The summed E-state index contributed by atoms with van der Waals surface area (Å²) in [6.45, 7) is 1.35. The third kappa shape index (κ3) is 3.82. The van der Waals surface area contributed by atoms with E-state index in [1.165, 1.54) is 0 Å². The summed E-state index contributed by atoms with van der Waals surface area (Å²) in [5.74, 6) is 0.582. The first kappa shape index (κ1) is 15.8. The highest BCUT2D eigenvalue weighted by molar-refractivity contribution is 7.98. The summed E-state index contributed by atoms with van der Waals surface area (Å²) in [7, 11) is 0. The average Bonchev–Trinajstić information content (AvgIpc) is 2.62. The molecule has 23 heavy (non-hydrogen) atoms. The van der Waals surface area contributed by atoms with Crippen LogP contribution in [0.3, 0.4) is 0 Å². The van der Waals surface area contributed by atoms with Gasteiger partial charge in [0.05, 0.1) is 18.3 Å². The molecule has 1 saturated heterocycles. The average molecular weight is 329 g/mol. The molecule has 0 saturated carbocycles. The van der Waals surface area contributed by atoms with Gasteiger partial charge in [-0.2, -0.15) is 0 Å². The van der Waals surface area contributed by atoms with E-state index >= 15 is 0 Å². The number of rotatable bonds is 4. The van der Waals surface area contributed by atoms with Crippen molar-refractivity contribution in [1.82, 2.24) is 14.9 Å². The molecule has 5 nitrogen and oxygen atoms in total. The predicted molar refractivity (Wildman–Crippen MR) is 89.8 cm³/mol. The third-order valence-electron chi connectivity index (χ3n) is 3.83. The van der Waals surface area contributed by atoms with Crippen molar-refractivity contribution >= 4 is 17.7 Å². The highest BCUT2D eigenvalue weighted by Crippen LogP contribution is 2.23. The predicted octanol–water partition coefficient (Wildman–Crippen LogP) is 2.88. The molecular weight excluding hydrogens is 310 g/mol. The zero-order chi connectivity index (χ0) is 16.1. The smallest absolute Gasteiger partial charge is 0.255 e. The standard InChI is InChI=1S/C17H19N3O2S/c1-23-15-7-3-2-6-14(15)17(21)20-10-4-5-13(12-20)22-16-11-18-8-9-19-16/h2-3,6-9,11,13H,4-5,10,12H2,1H3. The zero-order valence-electron chi connectivity index (χ0n) is 13.0. The van der Waals surface area contributed by atoms with Gasteiger partial charge in [-0.1, -0.05) is 12.1 Å². The molecule has 0 bridgehead atoms. The molecule has 0 spiro atoms. The summed E-state index contributed by atoms with van der Waals surface area (Å²) in [5.41, 5.74) is 0.764. The number of carbonyl (C=O) groups is 1. The summed E-state index contributed by atoms with van der Waals surface area (Å²) in [5, 5.41) is 0. The van der Waals surface area contributed by atoms with Gasteiger partial charge in [0.2, 0.25) is 5.88 Å². The number of amides is 1. The molecule has 1 fully saturated rings. The lowest BCUT2D eigenvalue weighted by Gasteiger charge is -2.33. The first-order valence-corrected chi connectivity index (χ1v) is 8.85. The molecule has 0 radical (unpaired) electrons. The quantitative estimate of drug-likeness (QED) is 0.807. The number of carbonyl (C=O) groups excluding carboxylic acids is 1. The SMILES string of the molecule is CSc1ccccc1C(=O)N1CCCC(Oc2cnccn2)C1. The third-order valence-corrected chi connectivity index (χ3v) is 4.63. The van der Waals surface area contributed by atoms with Crippen LogP contribution in [0.5, 0.6) is 5.88 Å². The van der Waals surface area contributed by atoms with E-state index in [9.17, 15) is 4.79 Å². The highest BCUT2D eigenvalue weighted by Gasteiger charge is 2.27. The van der Waals surface area contributed by atoms with Crippen LogP contribution in [0.2, 0.25) is 0 Å². The second-order valence-electron chi connectivity index (χ2n) is 5.38. The van der Waals surface area contributed by atoms with E-state index in [0.717, 1.165) is 29.8 Å². The molecule has 1 aliphatic heterocycles. The maximum absolute atomic E-state index is 12.8. The van der Waals surface area contributed by atoms with Gasteiger partial charge in [-0.3, -0.25) is 9.78 Å². The molecule has 1 atom stereocenters. The molecule has 1 aromatic carbocycles. The number of aromatic nitrogens is 2. The van der Waals surface area contributed by atoms with Crippen LogP contribution in [0.15, 0.2) is 47.8 Å². The number of piperidine rings is 1. The van der Waals surface area contributed by atoms with E-state index in [-0.39, 0.29) is 12.0 Å². The normalized spacial score (nSPS) is 17.8. The number of hydrogen-bond acceptors (Lipinski definition) is 5. The lowest BCUT2D eigenvalue weighted by molar-refractivity contribution is 0.0524. The molecule has 2 heterocycles. The Morgan fingerprint density at radius 2 is 2.22 bits per heavy atom. The Hall–Kier alpha value is -2.08. The summed E-state index contributed by atoms with van der Waals surface area (Å²) < 4.78 is 5.86. The largest absolute Gasteiger partial charge is 0.471 e. The molecule has 0 aliphatic carbocycles. The topological polar surface area (TPSA) is 55.3 Å². The molecule has 120 valence electrons. The van der Waals surface area contributed by atoms with Crippen LogP contribution in [0.25, 0.3) is 0 Å². The number of ether oxygens (including phenoxy) is 1. The van der Waals surface area contributed by atoms with Crippen LogP contribution < -0.4 is 4.74 Å². The van der Waals surface area contributed by atoms with Crippen LogP contribution in [0.1, 0.15) is 23.2 Å². The van der Waals surface area contributed by atoms with Crippen LogP contribution in [-0.4, -0.2) is 46.2 Å². The van der Waals surface area contributed by atoms with E-state index in [2.05, 4.69) is 9.97 Å². The minimum Gasteiger partial charge on any atom is -0.471 e. The monoisotopic (exact) mass is 329 g/mol. The molecule has 0 N–H and O–H groups in total. The minimum atomic E-state index is -0.0363. The van der Waals surface area contributed by atoms with Crippen molar-refractivity contribution in [3.05, 3.63) is 48.4 Å². The van der Waals surface area contributed by atoms with Gasteiger partial charge in [-0.05, 0) is 31.2 Å². The first-order chi connectivity index (χ1) is 11.3. The zero-order valence-corrected chi connectivity index (χ0v) is 13.8. The lowest BCUT2D eigenvalue weighted by Crippen LogP contribution is -2.44. The van der Waals surface area contributed by atoms with Gasteiger partial charge in [0.1, 0.15) is 6.10 Å². The number of hydrogen-bond donors (Lipinski definition) is 0. The van der Waals surface area contributed by atoms with Crippen molar-refractivity contribution in [2.45, 2.75) is 23.8 Å². The number of thioether (sulfide) groups is 1. The van der Waals surface area contributed by atoms with Crippen LogP contribution >= 0.6 is 11.8 Å². The molecule has 1 amide bonds. The van der Waals surface area contributed by atoms with Crippen molar-refractivity contribution in [2.24, 2.45) is 0 Å². The second-order valence-corrected chi connectivity index (χ2v) is 6.23. The van der Waals surface area contributed by atoms with E-state index in [1.807, 2.05) is 35.4 Å². The fourth-order valence-electron chi connectivity index (χ4n) is 2.73. The Morgan fingerprint density at radius 3 is 3.00 bits per heavy atom. The minimum absolute atomic E-state index is 0.0363. The molecule has 2 aromatic rings. The van der Waals surface area contributed by atoms with Gasteiger partial charge >= 0.3 is 0 Å². The molecule has 1 aromatic heterocycles. The van der Waals surface area contributed by atoms with Gasteiger partial charge in [-0.25, -0.2) is 4.98 Å². The number of benzene rings is 1. The highest BCUT2D eigenvalue weighted by atomic mass is 32.2. The van der Waals surface area contributed by atoms with Crippen molar-refractivity contribution < 1.29 is 9.53 Å². The summed E-state index contributed by atoms with van der Waals surface area (Å²) in [4.78, 5) is 23.8. The van der Waals surface area contributed by atoms with Crippen LogP contribution in [-0.2, 0) is 0 Å². The molecule has 3 rings (SSSR count). The second kappa shape index (κ2) is 7.46. The van der Waals surface area contributed by atoms with Gasteiger partial charge in [0.15, 0.2) is 0 Å². The fourth-order valence-corrected chi connectivity index (χ4v) is 3.32. The molecule has 6 heteroatoms. The molecular formula is C17H19N3O2S. The van der Waals surface area contributed by atoms with Crippen molar-refractivity contribution in [3.63, 3.8) is 0 Å². The van der Waals surface area contributed by atoms with E-state index in [0.29, 0.717) is 12.4 Å². The van der Waals surface area contributed by atoms with Crippen LogP contribution in [0.4, 0.5) is 0 Å². The fraction of sp³-hybridized carbons (Fsp3) is 0.353. The van der Waals surface area contributed by atoms with Gasteiger partial charge in [0.25, 0.3) is 5.91 Å². The Bertz CT molecular complexity index is 666. The van der Waals surface area contributed by atoms with E-state index < -0.39 is 0 Å². The maximum atomic E-state index is 12.8. The lowest BCUT2D eigenvalue weighted by atomic mass is 10.1. The van der Waals surface area contributed by atoms with Crippen molar-refractivity contribution in [2.75, 3.05) is 19.3 Å². The summed E-state index contributed by atoms with van der Waals surface area (Å²) >= 11 is 1.59. The van der Waals surface area contributed by atoms with Crippen LogP contribution in [0, 0.1) is 0 Å². The van der Waals surface area contributed by atoms with Gasteiger partial charge in [-0.15, -0.1) is 11.8 Å². The molecule has 1 aliphatic rings. The maximum Gasteiger partial charge on any atom is 0.255 e. The van der Waals surface area contributed by atoms with Crippen molar-refractivity contribution in [3.8, 4) is 5.88 Å². The molecule has 1 unspecified atom stereocenters. The number of likely N-dealkylation sites (tertiary alicyclic amines) is 1. The van der Waals surface area contributed by atoms with Gasteiger partial charge < -0.3 is 9.64 Å². The van der Waals surface area contributed by atoms with E-state index in [4.69, 9.17) is 4.74 Å². The summed E-state index contributed by atoms with van der Waals surface area (Å²) in [6, 6.07) is 7.74. The van der Waals surface area contributed by atoms with Gasteiger partial charge in [0, 0.05) is 23.8 Å². The Kier molecular flexibility index (Phi) is 5.12. The van der Waals surface area contributed by atoms with Crippen molar-refractivity contribution in [1.29, 1.82) is 0 Å². The Morgan fingerprint density at radius 1 is 1.35 bits per heavy atom.